The van der Waals surface area contributed by atoms with Crippen molar-refractivity contribution >= 4 is 29.1 Å². The lowest BCUT2D eigenvalue weighted by Crippen LogP contribution is -2.41. The Morgan fingerprint density at radius 3 is 2.38 bits per heavy atom. The minimum absolute atomic E-state index is 0.00656. The van der Waals surface area contributed by atoms with Crippen molar-refractivity contribution < 1.29 is 9.59 Å². The highest BCUT2D eigenvalue weighted by Crippen LogP contribution is 2.24. The summed E-state index contributed by atoms with van der Waals surface area (Å²) in [6.45, 7) is 5.06. The molecule has 2 amide bonds. The van der Waals surface area contributed by atoms with Crippen LogP contribution in [0.4, 0.5) is 5.69 Å². The molecular weight excluding hydrogens is 348 g/mol. The number of hydrogen-bond donors (Lipinski definition) is 1. The fraction of sp³-hybridized carbons (Fsp3) is 0.333. The van der Waals surface area contributed by atoms with Crippen molar-refractivity contribution in [3.8, 4) is 0 Å². The van der Waals surface area contributed by atoms with E-state index in [-0.39, 0.29) is 17.7 Å². The zero-order valence-corrected chi connectivity index (χ0v) is 15.8. The number of rotatable bonds is 3. The van der Waals surface area contributed by atoms with E-state index < -0.39 is 0 Å². The number of nitrogens with zero attached hydrogens (tertiary/aromatic N) is 1. The van der Waals surface area contributed by atoms with E-state index in [0.717, 1.165) is 16.7 Å². The first-order valence-electron chi connectivity index (χ1n) is 8.87. The van der Waals surface area contributed by atoms with E-state index in [0.29, 0.717) is 36.6 Å². The van der Waals surface area contributed by atoms with Crippen LogP contribution in [-0.4, -0.2) is 29.8 Å². The second-order valence-electron chi connectivity index (χ2n) is 6.83. The van der Waals surface area contributed by atoms with Gasteiger partial charge in [0.2, 0.25) is 5.91 Å². The molecule has 0 aliphatic carbocycles. The van der Waals surface area contributed by atoms with Crippen molar-refractivity contribution in [2.75, 3.05) is 18.4 Å². The van der Waals surface area contributed by atoms with Crippen molar-refractivity contribution in [3.05, 3.63) is 64.2 Å². The molecule has 0 radical (unpaired) electrons. The van der Waals surface area contributed by atoms with Gasteiger partial charge in [-0.2, -0.15) is 0 Å². The van der Waals surface area contributed by atoms with Crippen molar-refractivity contribution in [2.45, 2.75) is 26.7 Å². The number of aryl methyl sites for hydroxylation is 2. The number of anilines is 1. The first-order valence-corrected chi connectivity index (χ1v) is 9.25. The van der Waals surface area contributed by atoms with E-state index >= 15 is 0 Å². The van der Waals surface area contributed by atoms with Crippen LogP contribution in [0.2, 0.25) is 5.02 Å². The van der Waals surface area contributed by atoms with Gasteiger partial charge in [0.1, 0.15) is 0 Å². The molecule has 2 aromatic carbocycles. The Hall–Kier alpha value is -2.33. The maximum absolute atomic E-state index is 12.7. The van der Waals surface area contributed by atoms with Gasteiger partial charge in [0, 0.05) is 35.3 Å². The van der Waals surface area contributed by atoms with E-state index in [2.05, 4.69) is 5.32 Å². The van der Waals surface area contributed by atoms with Gasteiger partial charge in [-0.25, -0.2) is 0 Å². The highest BCUT2D eigenvalue weighted by molar-refractivity contribution is 6.31. The molecule has 0 unspecified atom stereocenters. The number of nitrogens with one attached hydrogen (secondary N) is 1. The molecule has 0 saturated carbocycles. The van der Waals surface area contributed by atoms with Crippen LogP contribution in [-0.2, 0) is 4.79 Å². The summed E-state index contributed by atoms with van der Waals surface area (Å²) < 4.78 is 0. The Bertz CT molecular complexity index is 827. The molecule has 0 spiro atoms. The molecule has 1 saturated heterocycles. The zero-order valence-electron chi connectivity index (χ0n) is 15.1. The van der Waals surface area contributed by atoms with Crippen molar-refractivity contribution in [3.63, 3.8) is 0 Å². The molecule has 1 heterocycles. The minimum atomic E-state index is -0.0870. The Kier molecular flexibility index (Phi) is 5.62. The lowest BCUT2D eigenvalue weighted by Gasteiger charge is -2.31. The Balaban J connectivity index is 1.57. The van der Waals surface area contributed by atoms with Gasteiger partial charge in [-0.05, 0) is 56.0 Å². The summed E-state index contributed by atoms with van der Waals surface area (Å²) in [5, 5.41) is 3.58. The maximum atomic E-state index is 12.7. The number of amides is 2. The molecule has 2 aromatic rings. The van der Waals surface area contributed by atoms with Crippen LogP contribution in [0.1, 0.15) is 34.3 Å². The van der Waals surface area contributed by atoms with Crippen LogP contribution < -0.4 is 5.32 Å². The lowest BCUT2D eigenvalue weighted by atomic mass is 9.95. The van der Waals surface area contributed by atoms with E-state index in [9.17, 15) is 9.59 Å². The van der Waals surface area contributed by atoms with Crippen LogP contribution in [0.25, 0.3) is 0 Å². The largest absolute Gasteiger partial charge is 0.339 e. The third-order valence-electron chi connectivity index (χ3n) is 4.97. The predicted molar refractivity (Wildman–Crippen MR) is 105 cm³/mol. The topological polar surface area (TPSA) is 49.4 Å². The van der Waals surface area contributed by atoms with Crippen molar-refractivity contribution in [2.24, 2.45) is 5.92 Å². The van der Waals surface area contributed by atoms with E-state index in [1.165, 1.54) is 0 Å². The summed E-state index contributed by atoms with van der Waals surface area (Å²) in [5.41, 5.74) is 3.41. The average molecular weight is 371 g/mol. The molecule has 0 aromatic heterocycles. The summed E-state index contributed by atoms with van der Waals surface area (Å²) in [5.74, 6) is -0.0452. The molecule has 1 aliphatic heterocycles. The quantitative estimate of drug-likeness (QED) is 0.867. The molecule has 0 atom stereocenters. The fourth-order valence-corrected chi connectivity index (χ4v) is 3.42. The molecule has 1 fully saturated rings. The Morgan fingerprint density at radius 2 is 1.73 bits per heavy atom. The van der Waals surface area contributed by atoms with Crippen LogP contribution in [0.15, 0.2) is 42.5 Å². The molecule has 26 heavy (non-hydrogen) atoms. The highest BCUT2D eigenvalue weighted by atomic mass is 35.5. The van der Waals surface area contributed by atoms with Gasteiger partial charge in [0.25, 0.3) is 5.91 Å². The van der Waals surface area contributed by atoms with E-state index in [4.69, 9.17) is 11.6 Å². The average Bonchev–Trinajstić information content (AvgIpc) is 2.65. The number of halogens is 1. The van der Waals surface area contributed by atoms with Crippen LogP contribution in [0, 0.1) is 19.8 Å². The first kappa shape index (κ1) is 18.5. The first-order chi connectivity index (χ1) is 12.5. The molecule has 136 valence electrons. The minimum Gasteiger partial charge on any atom is -0.339 e. The van der Waals surface area contributed by atoms with Gasteiger partial charge in [-0.15, -0.1) is 0 Å². The van der Waals surface area contributed by atoms with Gasteiger partial charge < -0.3 is 10.2 Å². The molecule has 1 N–H and O–H groups in total. The Morgan fingerprint density at radius 1 is 1.04 bits per heavy atom. The monoisotopic (exact) mass is 370 g/mol. The molecule has 1 aliphatic rings. The van der Waals surface area contributed by atoms with E-state index in [1.54, 1.807) is 6.07 Å². The SMILES string of the molecule is Cc1ccc(NC(=O)C2CCN(C(=O)c3ccccc3C)CC2)cc1Cl. The molecule has 5 heteroatoms. The zero-order chi connectivity index (χ0) is 18.7. The van der Waals surface area contributed by atoms with Crippen molar-refractivity contribution in [1.29, 1.82) is 0 Å². The predicted octanol–water partition coefficient (Wildman–Crippen LogP) is 4.45. The number of carbonyl (C=O) groups excluding carboxylic acids is 2. The number of hydrogen-bond acceptors (Lipinski definition) is 2. The molecular formula is C21H23ClN2O2. The van der Waals surface area contributed by atoms with Gasteiger partial charge in [0.15, 0.2) is 0 Å². The van der Waals surface area contributed by atoms with Gasteiger partial charge >= 0.3 is 0 Å². The number of carbonyl (C=O) groups is 2. The molecule has 4 nitrogen and oxygen atoms in total. The standard InChI is InChI=1S/C21H23ClN2O2/c1-14-5-3-4-6-18(14)21(26)24-11-9-16(10-12-24)20(25)23-17-8-7-15(2)19(22)13-17/h3-8,13,16H,9-12H2,1-2H3,(H,23,25). The van der Waals surface area contributed by atoms with Gasteiger partial charge in [0.05, 0.1) is 0 Å². The number of piperidine rings is 1. The second kappa shape index (κ2) is 7.92. The van der Waals surface area contributed by atoms with E-state index in [1.807, 2.05) is 55.1 Å². The lowest BCUT2D eigenvalue weighted by molar-refractivity contribution is -0.121. The third-order valence-corrected chi connectivity index (χ3v) is 5.38. The second-order valence-corrected chi connectivity index (χ2v) is 7.24. The summed E-state index contributed by atoms with van der Waals surface area (Å²) in [7, 11) is 0. The normalized spacial score (nSPS) is 15.0. The molecule has 0 bridgehead atoms. The fourth-order valence-electron chi connectivity index (χ4n) is 3.24. The Labute approximate surface area is 159 Å². The summed E-state index contributed by atoms with van der Waals surface area (Å²) in [4.78, 5) is 27.0. The smallest absolute Gasteiger partial charge is 0.254 e. The molecule has 3 rings (SSSR count). The summed E-state index contributed by atoms with van der Waals surface area (Å²) in [6.07, 6.45) is 1.34. The number of benzene rings is 2. The van der Waals surface area contributed by atoms with Gasteiger partial charge in [-0.1, -0.05) is 35.9 Å². The summed E-state index contributed by atoms with van der Waals surface area (Å²) >= 11 is 6.11. The maximum Gasteiger partial charge on any atom is 0.254 e. The van der Waals surface area contributed by atoms with Crippen molar-refractivity contribution in [1.82, 2.24) is 4.90 Å². The third kappa shape index (κ3) is 4.07. The highest BCUT2D eigenvalue weighted by Gasteiger charge is 2.28. The van der Waals surface area contributed by atoms with Crippen LogP contribution in [0.5, 0.6) is 0 Å². The summed E-state index contributed by atoms with van der Waals surface area (Å²) in [6, 6.07) is 13.1. The number of likely N-dealkylation sites (tertiary alicyclic amines) is 1. The van der Waals surface area contributed by atoms with Crippen LogP contribution >= 0.6 is 11.6 Å². The van der Waals surface area contributed by atoms with Crippen LogP contribution in [0.3, 0.4) is 0 Å². The van der Waals surface area contributed by atoms with Gasteiger partial charge in [-0.3, -0.25) is 9.59 Å².